The molecule has 0 fully saturated rings. The summed E-state index contributed by atoms with van der Waals surface area (Å²) >= 11 is 0. The zero-order valence-corrected chi connectivity index (χ0v) is 20.1. The van der Waals surface area contributed by atoms with Gasteiger partial charge < -0.3 is 19.2 Å². The molecule has 36 heavy (non-hydrogen) atoms. The Balaban J connectivity index is 1.36. The van der Waals surface area contributed by atoms with Gasteiger partial charge in [-0.15, -0.1) is 0 Å². The molecule has 1 aromatic heterocycles. The first-order valence-electron chi connectivity index (χ1n) is 11.6. The maximum atomic E-state index is 13.0. The number of rotatable bonds is 9. The number of nitrogens with zero attached hydrogens (tertiary/aromatic N) is 2. The first-order valence-corrected chi connectivity index (χ1v) is 11.6. The molecule has 1 atom stereocenters. The van der Waals surface area contributed by atoms with Gasteiger partial charge in [-0.1, -0.05) is 42.0 Å². The summed E-state index contributed by atoms with van der Waals surface area (Å²) in [5.41, 5.74) is 3.06. The summed E-state index contributed by atoms with van der Waals surface area (Å²) in [5.74, 6) is -0.726. The zero-order chi connectivity index (χ0) is 25.5. The largest absolute Gasteiger partial charge is 0.493 e. The molecule has 4 rings (SSSR count). The van der Waals surface area contributed by atoms with Crippen molar-refractivity contribution in [2.45, 2.75) is 26.3 Å². The number of amides is 2. The van der Waals surface area contributed by atoms with Gasteiger partial charge in [-0.2, -0.15) is 5.10 Å². The van der Waals surface area contributed by atoms with Crippen LogP contribution in [0.25, 0.3) is 0 Å². The molecule has 0 saturated carbocycles. The Bertz CT molecular complexity index is 1250. The molecule has 0 saturated heterocycles. The molecule has 1 aliphatic rings. The van der Waals surface area contributed by atoms with Gasteiger partial charge in [-0.3, -0.25) is 14.4 Å². The fourth-order valence-electron chi connectivity index (χ4n) is 3.81. The van der Waals surface area contributed by atoms with Crippen LogP contribution in [0.5, 0.6) is 5.75 Å². The minimum absolute atomic E-state index is 0.305. The molecule has 0 aliphatic carbocycles. The maximum Gasteiger partial charge on any atom is 0.325 e. The molecular formula is C27H27N3O6. The van der Waals surface area contributed by atoms with Crippen LogP contribution in [0, 0.1) is 6.92 Å². The first-order chi connectivity index (χ1) is 17.5. The van der Waals surface area contributed by atoms with E-state index in [4.69, 9.17) is 13.9 Å². The number of carbonyl (C=O) groups is 3. The van der Waals surface area contributed by atoms with Crippen molar-refractivity contribution in [3.05, 3.63) is 89.4 Å². The Hall–Kier alpha value is -4.40. The van der Waals surface area contributed by atoms with Gasteiger partial charge in [0, 0.05) is 6.42 Å². The van der Waals surface area contributed by atoms with Crippen LogP contribution < -0.4 is 10.1 Å². The molecule has 9 nitrogen and oxygen atoms in total. The molecule has 1 aliphatic heterocycles. The Labute approximate surface area is 208 Å². The third kappa shape index (κ3) is 5.80. The standard InChI is InChI=1S/C27H27N3O6/c1-3-34-23-8-5-4-7-20(23)27(33)28-16-26(32)36-17-25(31)30-22(24-9-6-14-35-24)15-21(29-30)19-12-10-18(2)11-13-19/h4-14,22H,3,15-17H2,1-2H3,(H,28,33). The average Bonchev–Trinajstić information content (AvgIpc) is 3.57. The van der Waals surface area contributed by atoms with E-state index in [0.29, 0.717) is 30.1 Å². The number of hydrazone groups is 1. The van der Waals surface area contributed by atoms with E-state index in [9.17, 15) is 14.4 Å². The monoisotopic (exact) mass is 489 g/mol. The predicted molar refractivity (Wildman–Crippen MR) is 132 cm³/mol. The Morgan fingerprint density at radius 1 is 1.08 bits per heavy atom. The van der Waals surface area contributed by atoms with Gasteiger partial charge in [0.05, 0.1) is 24.1 Å². The highest BCUT2D eigenvalue weighted by Crippen LogP contribution is 2.33. The van der Waals surface area contributed by atoms with E-state index >= 15 is 0 Å². The molecule has 1 unspecified atom stereocenters. The van der Waals surface area contributed by atoms with E-state index in [1.807, 2.05) is 38.1 Å². The topological polar surface area (TPSA) is 110 Å². The summed E-state index contributed by atoms with van der Waals surface area (Å²) in [6.07, 6.45) is 2.00. The highest BCUT2D eigenvalue weighted by molar-refractivity contribution is 6.03. The van der Waals surface area contributed by atoms with Crippen molar-refractivity contribution in [3.63, 3.8) is 0 Å². The van der Waals surface area contributed by atoms with E-state index < -0.39 is 37.0 Å². The Morgan fingerprint density at radius 3 is 2.58 bits per heavy atom. The third-order valence-electron chi connectivity index (χ3n) is 5.60. The lowest BCUT2D eigenvalue weighted by Crippen LogP contribution is -2.34. The summed E-state index contributed by atoms with van der Waals surface area (Å²) in [4.78, 5) is 37.7. The van der Waals surface area contributed by atoms with Gasteiger partial charge in [-0.25, -0.2) is 5.01 Å². The minimum atomic E-state index is -0.748. The second-order valence-corrected chi connectivity index (χ2v) is 8.16. The van der Waals surface area contributed by atoms with E-state index in [1.165, 1.54) is 11.3 Å². The number of hydrogen-bond acceptors (Lipinski definition) is 7. The summed E-state index contributed by atoms with van der Waals surface area (Å²) in [6, 6.07) is 17.7. The molecule has 0 radical (unpaired) electrons. The van der Waals surface area contributed by atoms with Crippen molar-refractivity contribution in [1.29, 1.82) is 0 Å². The summed E-state index contributed by atoms with van der Waals surface area (Å²) in [6.45, 7) is 3.29. The highest BCUT2D eigenvalue weighted by atomic mass is 16.5. The number of ether oxygens (including phenoxy) is 2. The fourth-order valence-corrected chi connectivity index (χ4v) is 3.81. The van der Waals surface area contributed by atoms with Crippen LogP contribution in [-0.2, 0) is 14.3 Å². The second-order valence-electron chi connectivity index (χ2n) is 8.16. The number of hydrogen-bond donors (Lipinski definition) is 1. The smallest absolute Gasteiger partial charge is 0.325 e. The molecule has 0 spiro atoms. The van der Waals surface area contributed by atoms with Crippen molar-refractivity contribution in [1.82, 2.24) is 10.3 Å². The van der Waals surface area contributed by atoms with Gasteiger partial charge in [0.15, 0.2) is 6.61 Å². The number of nitrogens with one attached hydrogen (secondary N) is 1. The molecule has 2 amide bonds. The third-order valence-corrected chi connectivity index (χ3v) is 5.60. The molecule has 9 heteroatoms. The second kappa shape index (κ2) is 11.4. The van der Waals surface area contributed by atoms with Crippen LogP contribution >= 0.6 is 0 Å². The van der Waals surface area contributed by atoms with Crippen molar-refractivity contribution in [2.24, 2.45) is 5.10 Å². The number of benzene rings is 2. The normalized spacial score (nSPS) is 14.8. The number of carbonyl (C=O) groups excluding carboxylic acids is 3. The maximum absolute atomic E-state index is 13.0. The fraction of sp³-hybridized carbons (Fsp3) is 0.259. The minimum Gasteiger partial charge on any atom is -0.493 e. The number of para-hydroxylation sites is 1. The summed E-state index contributed by atoms with van der Waals surface area (Å²) in [7, 11) is 0. The molecular weight excluding hydrogens is 462 g/mol. The van der Waals surface area contributed by atoms with Crippen LogP contribution in [0.3, 0.4) is 0 Å². The lowest BCUT2D eigenvalue weighted by molar-refractivity contribution is -0.152. The van der Waals surface area contributed by atoms with Gasteiger partial charge in [0.1, 0.15) is 24.1 Å². The number of esters is 1. The summed E-state index contributed by atoms with van der Waals surface area (Å²) in [5, 5.41) is 8.29. The molecule has 1 N–H and O–H groups in total. The van der Waals surface area contributed by atoms with Gasteiger partial charge >= 0.3 is 5.97 Å². The van der Waals surface area contributed by atoms with Crippen LogP contribution in [0.4, 0.5) is 0 Å². The van der Waals surface area contributed by atoms with Crippen LogP contribution in [-0.4, -0.2) is 48.3 Å². The van der Waals surface area contributed by atoms with Gasteiger partial charge in [0.2, 0.25) is 0 Å². The van der Waals surface area contributed by atoms with Crippen LogP contribution in [0.1, 0.15) is 46.6 Å². The van der Waals surface area contributed by atoms with Gasteiger partial charge in [0.25, 0.3) is 11.8 Å². The van der Waals surface area contributed by atoms with Crippen molar-refractivity contribution >= 4 is 23.5 Å². The predicted octanol–water partition coefficient (Wildman–Crippen LogP) is 3.64. The lowest BCUT2D eigenvalue weighted by atomic mass is 10.0. The molecule has 2 heterocycles. The number of furan rings is 1. The van der Waals surface area contributed by atoms with E-state index in [1.54, 1.807) is 36.4 Å². The lowest BCUT2D eigenvalue weighted by Gasteiger charge is -2.19. The Morgan fingerprint density at radius 2 is 1.86 bits per heavy atom. The van der Waals surface area contributed by atoms with Crippen molar-refractivity contribution < 1.29 is 28.3 Å². The van der Waals surface area contributed by atoms with Crippen LogP contribution in [0.2, 0.25) is 0 Å². The molecule has 186 valence electrons. The molecule has 0 bridgehead atoms. The molecule has 3 aromatic rings. The highest BCUT2D eigenvalue weighted by Gasteiger charge is 2.35. The quantitative estimate of drug-likeness (QED) is 0.460. The van der Waals surface area contributed by atoms with Gasteiger partial charge in [-0.05, 0) is 43.7 Å². The van der Waals surface area contributed by atoms with Crippen molar-refractivity contribution in [2.75, 3.05) is 19.8 Å². The van der Waals surface area contributed by atoms with E-state index in [0.717, 1.165) is 16.8 Å². The SMILES string of the molecule is CCOc1ccccc1C(=O)NCC(=O)OCC(=O)N1N=C(c2ccc(C)cc2)CC1c1ccco1. The van der Waals surface area contributed by atoms with E-state index in [2.05, 4.69) is 10.4 Å². The Kier molecular flexibility index (Phi) is 7.79. The first kappa shape index (κ1) is 24.7. The molecule has 2 aromatic carbocycles. The summed E-state index contributed by atoms with van der Waals surface area (Å²) < 4.78 is 16.1. The number of aryl methyl sites for hydroxylation is 1. The average molecular weight is 490 g/mol. The van der Waals surface area contributed by atoms with Crippen molar-refractivity contribution in [3.8, 4) is 5.75 Å². The zero-order valence-electron chi connectivity index (χ0n) is 20.1. The van der Waals surface area contributed by atoms with E-state index in [-0.39, 0.29) is 0 Å². The van der Waals surface area contributed by atoms with Crippen LogP contribution in [0.15, 0.2) is 76.4 Å².